The molecule has 4 heteroatoms. The maximum Gasteiger partial charge on any atom is 0.408 e. The van der Waals surface area contributed by atoms with Gasteiger partial charge in [-0.3, -0.25) is 4.90 Å². The molecule has 1 fully saturated rings. The number of fused-ring (bicyclic) bond motifs is 3. The van der Waals surface area contributed by atoms with Crippen molar-refractivity contribution >= 4 is 6.09 Å². The number of carbonyl (C=O) groups is 1. The molecule has 4 rings (SSSR count). The molecule has 0 spiro atoms. The van der Waals surface area contributed by atoms with E-state index in [2.05, 4.69) is 85.6 Å². The van der Waals surface area contributed by atoms with Gasteiger partial charge in [0.25, 0.3) is 0 Å². The SMILES string of the molecule is CC(C)(C)CCC(C)(C)OC(=O)NC12CCc3ccccc3C1CN(Cc1ccccc1)C2. The van der Waals surface area contributed by atoms with Gasteiger partial charge in [0.15, 0.2) is 0 Å². The molecule has 1 saturated heterocycles. The molecule has 0 bridgehead atoms. The van der Waals surface area contributed by atoms with E-state index >= 15 is 0 Å². The summed E-state index contributed by atoms with van der Waals surface area (Å²) in [5.41, 5.74) is 3.55. The third-order valence-corrected chi connectivity index (χ3v) is 7.33. The number of aryl methyl sites for hydroxylation is 1. The average Bonchev–Trinajstić information content (AvgIpc) is 3.10. The first-order chi connectivity index (χ1) is 15.6. The summed E-state index contributed by atoms with van der Waals surface area (Å²) in [5.74, 6) is 0.274. The molecule has 1 heterocycles. The second kappa shape index (κ2) is 9.13. The molecule has 4 nitrogen and oxygen atoms in total. The molecule has 1 N–H and O–H groups in total. The lowest BCUT2D eigenvalue weighted by atomic mass is 9.71. The third kappa shape index (κ3) is 5.78. The van der Waals surface area contributed by atoms with E-state index in [0.29, 0.717) is 0 Å². The standard InChI is InChI=1S/C29H40N2O2/c1-27(2,3)17-18-28(4,5)33-26(32)30-29-16-15-23-13-9-10-14-24(23)25(29)20-31(21-29)19-22-11-7-6-8-12-22/h6-14,25H,15-21H2,1-5H3,(H,30,32). The Bertz CT molecular complexity index is 963. The van der Waals surface area contributed by atoms with Crippen LogP contribution in [0.1, 0.15) is 76.5 Å². The van der Waals surface area contributed by atoms with Gasteiger partial charge in [-0.2, -0.15) is 0 Å². The number of rotatable bonds is 6. The predicted molar refractivity (Wildman–Crippen MR) is 134 cm³/mol. The number of hydrogen-bond donors (Lipinski definition) is 1. The first kappa shape index (κ1) is 23.8. The van der Waals surface area contributed by atoms with Gasteiger partial charge in [0, 0.05) is 25.6 Å². The van der Waals surface area contributed by atoms with Crippen molar-refractivity contribution in [2.24, 2.45) is 5.41 Å². The van der Waals surface area contributed by atoms with Crippen LogP contribution in [0.15, 0.2) is 54.6 Å². The zero-order chi connectivity index (χ0) is 23.7. The van der Waals surface area contributed by atoms with Crippen molar-refractivity contribution in [2.75, 3.05) is 13.1 Å². The zero-order valence-electron chi connectivity index (χ0n) is 21.0. The summed E-state index contributed by atoms with van der Waals surface area (Å²) in [7, 11) is 0. The molecule has 2 unspecified atom stereocenters. The highest BCUT2D eigenvalue weighted by atomic mass is 16.6. The lowest BCUT2D eigenvalue weighted by molar-refractivity contribution is 0.0182. The lowest BCUT2D eigenvalue weighted by Gasteiger charge is -2.41. The molecule has 0 saturated carbocycles. The normalized spacial score (nSPS) is 23.0. The second-order valence-electron chi connectivity index (χ2n) is 11.9. The van der Waals surface area contributed by atoms with Gasteiger partial charge < -0.3 is 10.1 Å². The Morgan fingerprint density at radius 3 is 2.45 bits per heavy atom. The number of nitrogens with zero attached hydrogens (tertiary/aromatic N) is 1. The minimum atomic E-state index is -0.488. The molecule has 1 aliphatic carbocycles. The Hall–Kier alpha value is -2.33. The minimum Gasteiger partial charge on any atom is -0.444 e. The van der Waals surface area contributed by atoms with E-state index in [1.165, 1.54) is 16.7 Å². The number of benzene rings is 2. The van der Waals surface area contributed by atoms with Crippen LogP contribution in [-0.2, 0) is 17.7 Å². The van der Waals surface area contributed by atoms with E-state index in [0.717, 1.165) is 45.3 Å². The van der Waals surface area contributed by atoms with Gasteiger partial charge in [-0.25, -0.2) is 4.79 Å². The molecule has 2 aromatic carbocycles. The summed E-state index contributed by atoms with van der Waals surface area (Å²) in [6.07, 6.45) is 3.51. The molecule has 1 aliphatic heterocycles. The minimum absolute atomic E-state index is 0.220. The van der Waals surface area contributed by atoms with Crippen LogP contribution in [0.4, 0.5) is 4.79 Å². The van der Waals surface area contributed by atoms with Crippen LogP contribution < -0.4 is 5.32 Å². The molecule has 0 aromatic heterocycles. The van der Waals surface area contributed by atoms with E-state index in [9.17, 15) is 4.79 Å². The maximum atomic E-state index is 13.2. The summed E-state index contributed by atoms with van der Waals surface area (Å²) < 4.78 is 6.01. The number of carbonyl (C=O) groups excluding carboxylic acids is 1. The molecule has 178 valence electrons. The molecular formula is C29H40N2O2. The summed E-state index contributed by atoms with van der Waals surface area (Å²) >= 11 is 0. The summed E-state index contributed by atoms with van der Waals surface area (Å²) in [4.78, 5) is 15.7. The second-order valence-corrected chi connectivity index (χ2v) is 11.9. The molecule has 0 radical (unpaired) electrons. The smallest absolute Gasteiger partial charge is 0.408 e. The van der Waals surface area contributed by atoms with Gasteiger partial charge in [0.2, 0.25) is 0 Å². The van der Waals surface area contributed by atoms with Crippen LogP contribution in [-0.4, -0.2) is 35.2 Å². The largest absolute Gasteiger partial charge is 0.444 e. The van der Waals surface area contributed by atoms with Crippen LogP contribution in [0.2, 0.25) is 0 Å². The lowest BCUT2D eigenvalue weighted by Crippen LogP contribution is -2.56. The van der Waals surface area contributed by atoms with Crippen molar-refractivity contribution in [3.05, 3.63) is 71.3 Å². The third-order valence-electron chi connectivity index (χ3n) is 7.33. The van der Waals surface area contributed by atoms with Gasteiger partial charge in [-0.15, -0.1) is 0 Å². The van der Waals surface area contributed by atoms with E-state index < -0.39 is 5.60 Å². The van der Waals surface area contributed by atoms with Gasteiger partial charge in [-0.05, 0) is 61.6 Å². The van der Waals surface area contributed by atoms with Crippen molar-refractivity contribution in [3.8, 4) is 0 Å². The van der Waals surface area contributed by atoms with Gasteiger partial charge in [0.05, 0.1) is 5.54 Å². The predicted octanol–water partition coefficient (Wildman–Crippen LogP) is 6.30. The Balaban J connectivity index is 1.51. The van der Waals surface area contributed by atoms with Crippen LogP contribution in [0.25, 0.3) is 0 Å². The highest BCUT2D eigenvalue weighted by Crippen LogP contribution is 2.45. The quantitative estimate of drug-likeness (QED) is 0.564. The van der Waals surface area contributed by atoms with Crippen molar-refractivity contribution in [1.29, 1.82) is 0 Å². The van der Waals surface area contributed by atoms with E-state index in [-0.39, 0.29) is 23.0 Å². The van der Waals surface area contributed by atoms with Crippen molar-refractivity contribution in [1.82, 2.24) is 10.2 Å². The Morgan fingerprint density at radius 1 is 1.03 bits per heavy atom. The van der Waals surface area contributed by atoms with Crippen molar-refractivity contribution < 1.29 is 9.53 Å². The zero-order valence-corrected chi connectivity index (χ0v) is 21.0. The number of nitrogens with one attached hydrogen (secondary N) is 1. The van der Waals surface area contributed by atoms with Crippen LogP contribution in [0.3, 0.4) is 0 Å². The van der Waals surface area contributed by atoms with Gasteiger partial charge >= 0.3 is 6.09 Å². The van der Waals surface area contributed by atoms with E-state index in [4.69, 9.17) is 4.74 Å². The Labute approximate surface area is 199 Å². The highest BCUT2D eigenvalue weighted by Gasteiger charge is 2.51. The number of alkyl carbamates (subject to hydrolysis) is 1. The molecule has 2 atom stereocenters. The van der Waals surface area contributed by atoms with Crippen LogP contribution in [0, 0.1) is 5.41 Å². The summed E-state index contributed by atoms with van der Waals surface area (Å²) in [5, 5.41) is 3.40. The first-order valence-corrected chi connectivity index (χ1v) is 12.4. The molecule has 2 aliphatic rings. The topological polar surface area (TPSA) is 41.6 Å². The molecule has 1 amide bonds. The number of likely N-dealkylation sites (tertiary alicyclic amines) is 1. The number of hydrogen-bond acceptors (Lipinski definition) is 3. The van der Waals surface area contributed by atoms with Crippen molar-refractivity contribution in [3.63, 3.8) is 0 Å². The van der Waals surface area contributed by atoms with Crippen LogP contribution >= 0.6 is 0 Å². The van der Waals surface area contributed by atoms with Crippen molar-refractivity contribution in [2.45, 2.75) is 83.9 Å². The fraction of sp³-hybridized carbons (Fsp3) is 0.552. The van der Waals surface area contributed by atoms with E-state index in [1.807, 2.05) is 13.8 Å². The van der Waals surface area contributed by atoms with Gasteiger partial charge in [-0.1, -0.05) is 75.4 Å². The molecular weight excluding hydrogens is 408 g/mol. The highest BCUT2D eigenvalue weighted by molar-refractivity contribution is 5.69. The fourth-order valence-corrected chi connectivity index (χ4v) is 5.47. The summed E-state index contributed by atoms with van der Waals surface area (Å²) in [6.45, 7) is 13.4. The first-order valence-electron chi connectivity index (χ1n) is 12.4. The molecule has 2 aromatic rings. The number of amides is 1. The summed E-state index contributed by atoms with van der Waals surface area (Å²) in [6, 6.07) is 19.4. The monoisotopic (exact) mass is 448 g/mol. The Kier molecular flexibility index (Phi) is 6.59. The Morgan fingerprint density at radius 2 is 1.73 bits per heavy atom. The molecule has 33 heavy (non-hydrogen) atoms. The maximum absolute atomic E-state index is 13.2. The average molecular weight is 449 g/mol. The fourth-order valence-electron chi connectivity index (χ4n) is 5.47. The number of ether oxygens (including phenoxy) is 1. The van der Waals surface area contributed by atoms with Gasteiger partial charge in [0.1, 0.15) is 5.60 Å². The van der Waals surface area contributed by atoms with Crippen LogP contribution in [0.5, 0.6) is 0 Å². The van der Waals surface area contributed by atoms with E-state index in [1.54, 1.807) is 0 Å².